The van der Waals surface area contributed by atoms with Crippen LogP contribution in [0, 0.1) is 6.92 Å². The molecule has 37 heavy (non-hydrogen) atoms. The number of nitrogens with two attached hydrogens (primary N) is 1. The largest absolute Gasteiger partial charge is 0.494 e. The predicted octanol–water partition coefficient (Wildman–Crippen LogP) is 2.74. The monoisotopic (exact) mass is 505 g/mol. The standard InChI is InChI=1S/C25H27N7O5/c1-15-20(29-14-28-15)23(34)31-24-30-18-11-17(22(26)33)12-19(36-2)21(18)32(24)10-6-9-27-25(35)37-13-16-7-4-3-5-8-16/h3-5,7-8,11-12,14H,6,9-10,13H2,1-2H3,(H2,26,33)(H,27,35)(H,28,29)(H,30,31,34). The molecular weight excluding hydrogens is 478 g/mol. The molecule has 2 aromatic carbocycles. The van der Waals surface area contributed by atoms with E-state index in [0.29, 0.717) is 47.7 Å². The number of imidazole rings is 2. The summed E-state index contributed by atoms with van der Waals surface area (Å²) in [6.45, 7) is 2.54. The number of rotatable bonds is 10. The molecule has 0 aliphatic heterocycles. The first kappa shape index (κ1) is 25.2. The van der Waals surface area contributed by atoms with Crippen LogP contribution >= 0.6 is 0 Å². The summed E-state index contributed by atoms with van der Waals surface area (Å²) in [5.41, 5.74) is 8.38. The van der Waals surface area contributed by atoms with Gasteiger partial charge in [-0.05, 0) is 31.0 Å². The second-order valence-corrected chi connectivity index (χ2v) is 8.16. The molecule has 0 fully saturated rings. The van der Waals surface area contributed by atoms with Gasteiger partial charge in [0.15, 0.2) is 0 Å². The molecule has 0 aliphatic carbocycles. The van der Waals surface area contributed by atoms with Gasteiger partial charge in [0.1, 0.15) is 23.6 Å². The third-order valence-electron chi connectivity index (χ3n) is 5.63. The fraction of sp³-hybridized carbons (Fsp3) is 0.240. The number of aromatic nitrogens is 4. The summed E-state index contributed by atoms with van der Waals surface area (Å²) in [6.07, 6.45) is 1.38. The third-order valence-corrected chi connectivity index (χ3v) is 5.63. The summed E-state index contributed by atoms with van der Waals surface area (Å²) in [5.74, 6) is -0.456. The molecular formula is C25H27N7O5. The lowest BCUT2D eigenvalue weighted by atomic mass is 10.1. The van der Waals surface area contributed by atoms with Crippen LogP contribution in [-0.2, 0) is 17.9 Å². The number of hydrogen-bond donors (Lipinski definition) is 4. The van der Waals surface area contributed by atoms with Crippen molar-refractivity contribution < 1.29 is 23.9 Å². The number of hydrogen-bond acceptors (Lipinski definition) is 7. The number of alkyl carbamates (subject to hydrolysis) is 1. The highest BCUT2D eigenvalue weighted by atomic mass is 16.5. The zero-order valence-electron chi connectivity index (χ0n) is 20.4. The molecule has 4 aromatic rings. The Morgan fingerprint density at radius 3 is 2.62 bits per heavy atom. The van der Waals surface area contributed by atoms with Crippen LogP contribution in [0.5, 0.6) is 5.75 Å². The Hall–Kier alpha value is -4.87. The molecule has 0 radical (unpaired) electrons. The summed E-state index contributed by atoms with van der Waals surface area (Å²) in [5, 5.41) is 5.51. The summed E-state index contributed by atoms with van der Waals surface area (Å²) >= 11 is 0. The van der Waals surface area contributed by atoms with Gasteiger partial charge in [-0.3, -0.25) is 14.9 Å². The molecule has 0 atom stereocenters. The number of carbonyl (C=O) groups excluding carboxylic acids is 3. The van der Waals surface area contributed by atoms with E-state index in [-0.39, 0.29) is 18.1 Å². The lowest BCUT2D eigenvalue weighted by Crippen LogP contribution is -2.26. The average molecular weight is 506 g/mol. The minimum atomic E-state index is -0.633. The van der Waals surface area contributed by atoms with Crippen LogP contribution in [-0.4, -0.2) is 51.1 Å². The number of benzene rings is 2. The van der Waals surface area contributed by atoms with Crippen molar-refractivity contribution in [1.82, 2.24) is 24.8 Å². The third kappa shape index (κ3) is 5.86. The number of nitrogens with zero attached hydrogens (tertiary/aromatic N) is 3. The SMILES string of the molecule is COc1cc(C(N)=O)cc2nc(NC(=O)c3[nH]cnc3C)n(CCCNC(=O)OCc3ccccc3)c12. The average Bonchev–Trinajstić information content (AvgIpc) is 3.48. The molecule has 0 bridgehead atoms. The van der Waals surface area contributed by atoms with Gasteiger partial charge < -0.3 is 30.1 Å². The summed E-state index contributed by atoms with van der Waals surface area (Å²) in [4.78, 5) is 48.1. The van der Waals surface area contributed by atoms with E-state index in [1.54, 1.807) is 11.5 Å². The highest BCUT2D eigenvalue weighted by Gasteiger charge is 2.21. The predicted molar refractivity (Wildman–Crippen MR) is 135 cm³/mol. The fourth-order valence-electron chi connectivity index (χ4n) is 3.80. The van der Waals surface area contributed by atoms with E-state index in [4.69, 9.17) is 15.2 Å². The van der Waals surface area contributed by atoms with Gasteiger partial charge in [0, 0.05) is 18.7 Å². The molecule has 2 aromatic heterocycles. The second kappa shape index (κ2) is 11.2. The number of H-pyrrole nitrogens is 1. The Bertz CT molecular complexity index is 1430. The van der Waals surface area contributed by atoms with Gasteiger partial charge >= 0.3 is 6.09 Å². The van der Waals surface area contributed by atoms with Crippen LogP contribution in [0.1, 0.15) is 38.5 Å². The van der Waals surface area contributed by atoms with Crippen molar-refractivity contribution in [3.05, 3.63) is 71.3 Å². The number of ether oxygens (including phenoxy) is 2. The van der Waals surface area contributed by atoms with Crippen LogP contribution in [0.25, 0.3) is 11.0 Å². The maximum atomic E-state index is 12.8. The van der Waals surface area contributed by atoms with Crippen molar-refractivity contribution >= 4 is 34.9 Å². The number of anilines is 1. The van der Waals surface area contributed by atoms with Gasteiger partial charge in [-0.2, -0.15) is 0 Å². The molecule has 0 saturated heterocycles. The van der Waals surface area contributed by atoms with E-state index in [9.17, 15) is 14.4 Å². The molecule has 0 unspecified atom stereocenters. The number of methoxy groups -OCH3 is 1. The van der Waals surface area contributed by atoms with Crippen LogP contribution in [0.4, 0.5) is 10.7 Å². The Balaban J connectivity index is 1.51. The van der Waals surface area contributed by atoms with Gasteiger partial charge in [0.25, 0.3) is 5.91 Å². The van der Waals surface area contributed by atoms with Crippen LogP contribution in [0.15, 0.2) is 48.8 Å². The van der Waals surface area contributed by atoms with Crippen molar-refractivity contribution in [2.75, 3.05) is 19.0 Å². The number of aryl methyl sites for hydroxylation is 2. The number of aromatic amines is 1. The lowest BCUT2D eigenvalue weighted by molar-refractivity contribution is 0.0996. The number of nitrogens with one attached hydrogen (secondary N) is 3. The molecule has 5 N–H and O–H groups in total. The van der Waals surface area contributed by atoms with Crippen LogP contribution in [0.2, 0.25) is 0 Å². The van der Waals surface area contributed by atoms with Crippen LogP contribution in [0.3, 0.4) is 0 Å². The Labute approximate surface area is 212 Å². The smallest absolute Gasteiger partial charge is 0.407 e. The molecule has 2 heterocycles. The molecule has 192 valence electrons. The van der Waals surface area contributed by atoms with E-state index >= 15 is 0 Å². The molecule has 3 amide bonds. The summed E-state index contributed by atoms with van der Waals surface area (Å²) in [6, 6.07) is 12.4. The van der Waals surface area contributed by atoms with Crippen LogP contribution < -0.4 is 21.1 Å². The first-order chi connectivity index (χ1) is 17.9. The van der Waals surface area contributed by atoms with Crippen molar-refractivity contribution in [2.45, 2.75) is 26.5 Å². The summed E-state index contributed by atoms with van der Waals surface area (Å²) < 4.78 is 12.5. The Morgan fingerprint density at radius 1 is 1.16 bits per heavy atom. The minimum absolute atomic E-state index is 0.168. The maximum absolute atomic E-state index is 12.8. The first-order valence-corrected chi connectivity index (χ1v) is 11.5. The molecule has 12 heteroatoms. The van der Waals surface area contributed by atoms with Gasteiger partial charge in [0.05, 0.1) is 24.6 Å². The quantitative estimate of drug-likeness (QED) is 0.240. The zero-order chi connectivity index (χ0) is 26.4. The fourth-order valence-corrected chi connectivity index (χ4v) is 3.80. The van der Waals surface area contributed by atoms with Crippen molar-refractivity contribution in [2.24, 2.45) is 5.73 Å². The van der Waals surface area contributed by atoms with E-state index in [1.165, 1.54) is 25.6 Å². The van der Waals surface area contributed by atoms with E-state index in [0.717, 1.165) is 5.56 Å². The van der Waals surface area contributed by atoms with E-state index in [2.05, 4.69) is 25.6 Å². The van der Waals surface area contributed by atoms with Gasteiger partial charge in [0.2, 0.25) is 11.9 Å². The molecule has 0 aliphatic rings. The van der Waals surface area contributed by atoms with E-state index < -0.39 is 17.9 Å². The summed E-state index contributed by atoms with van der Waals surface area (Å²) in [7, 11) is 1.47. The van der Waals surface area contributed by atoms with Crippen molar-refractivity contribution in [3.8, 4) is 5.75 Å². The topological polar surface area (TPSA) is 166 Å². The Kier molecular flexibility index (Phi) is 7.67. The van der Waals surface area contributed by atoms with Crippen molar-refractivity contribution in [1.29, 1.82) is 0 Å². The van der Waals surface area contributed by atoms with Gasteiger partial charge in [-0.1, -0.05) is 30.3 Å². The molecule has 4 rings (SSSR count). The number of carbonyl (C=O) groups is 3. The number of primary amides is 1. The molecule has 12 nitrogen and oxygen atoms in total. The zero-order valence-corrected chi connectivity index (χ0v) is 20.4. The molecule has 0 spiro atoms. The normalized spacial score (nSPS) is 10.8. The first-order valence-electron chi connectivity index (χ1n) is 11.5. The number of amides is 3. The maximum Gasteiger partial charge on any atom is 0.407 e. The van der Waals surface area contributed by atoms with Crippen molar-refractivity contribution in [3.63, 3.8) is 0 Å². The lowest BCUT2D eigenvalue weighted by Gasteiger charge is -2.13. The number of fused-ring (bicyclic) bond motifs is 1. The van der Waals surface area contributed by atoms with E-state index in [1.807, 2.05) is 30.3 Å². The molecule has 0 saturated carbocycles. The second-order valence-electron chi connectivity index (χ2n) is 8.16. The van der Waals surface area contributed by atoms with Gasteiger partial charge in [-0.15, -0.1) is 0 Å². The Morgan fingerprint density at radius 2 is 1.95 bits per heavy atom. The minimum Gasteiger partial charge on any atom is -0.494 e. The highest BCUT2D eigenvalue weighted by molar-refractivity contribution is 6.04. The highest BCUT2D eigenvalue weighted by Crippen LogP contribution is 2.31. The van der Waals surface area contributed by atoms with Gasteiger partial charge in [-0.25, -0.2) is 14.8 Å².